The molecule has 0 bridgehead atoms. The summed E-state index contributed by atoms with van der Waals surface area (Å²) in [6, 6.07) is 16.7. The summed E-state index contributed by atoms with van der Waals surface area (Å²) in [4.78, 5) is 48.5. The molecule has 0 radical (unpaired) electrons. The van der Waals surface area contributed by atoms with Crippen LogP contribution in [0.3, 0.4) is 0 Å². The highest BCUT2D eigenvalue weighted by molar-refractivity contribution is 8.00. The first-order chi connectivity index (χ1) is 31.1. The van der Waals surface area contributed by atoms with Crippen LogP contribution < -0.4 is 64.7 Å². The fourth-order valence-electron chi connectivity index (χ4n) is 9.32. The molecule has 5 aliphatic rings. The van der Waals surface area contributed by atoms with Crippen molar-refractivity contribution >= 4 is 46.8 Å². The zero-order valence-corrected chi connectivity index (χ0v) is 39.0. The standard InChI is InChI=1S/C30H30N2O3.C17H30N4O3S.ClHO4/c1-3-31-13-7-9-19-15-23-27(17-25(19)31)35-28-18-26-20(10-8-14-32(26)4-2)16-24(28)29(23)21-11-5-6-12-22(21)30(33)34;1-12(22)18-9-5-2-6-10-19-15(23)8-4-3-7-14-16-13(11-25-14)20-17(24)21-16;2-1(3,4)5/h5-6,11-12,15-18H,3-4,7-10,13-14H2,1-2H3;13-14,16H,2-11H2,1H3,(H,18,22)(H,19,23)(H2,20,21,24);(H,2,3,4,5). The van der Waals surface area contributed by atoms with E-state index in [1.165, 1.54) is 29.1 Å². The van der Waals surface area contributed by atoms with Crippen molar-refractivity contribution in [2.24, 2.45) is 0 Å². The number of ether oxygens (including phenoxy) is 1. The van der Waals surface area contributed by atoms with Crippen LogP contribution >= 0.6 is 11.8 Å². The van der Waals surface area contributed by atoms with Gasteiger partial charge in [0.05, 0.1) is 23.7 Å². The molecule has 65 heavy (non-hydrogen) atoms. The first-order valence-corrected chi connectivity index (χ1v) is 25.0. The van der Waals surface area contributed by atoms with Crippen LogP contribution in [0.1, 0.15) is 111 Å². The number of fused-ring (bicyclic) bond motifs is 5. The molecule has 3 unspecified atom stereocenters. The van der Waals surface area contributed by atoms with E-state index < -0.39 is 16.2 Å². The van der Waals surface area contributed by atoms with Crippen LogP contribution in [0.15, 0.2) is 48.5 Å². The number of aryl methyl sites for hydroxylation is 2. The highest BCUT2D eigenvalue weighted by Gasteiger charge is 2.42. The van der Waals surface area contributed by atoms with Gasteiger partial charge < -0.3 is 36.0 Å². The van der Waals surface area contributed by atoms with Crippen molar-refractivity contribution in [1.29, 1.82) is 0 Å². The van der Waals surface area contributed by atoms with E-state index in [2.05, 4.69) is 68.9 Å². The average molecular weight is 938 g/mol. The molecular weight excluding hydrogens is 876 g/mol. The van der Waals surface area contributed by atoms with Gasteiger partial charge in [0.2, 0.25) is 17.2 Å². The van der Waals surface area contributed by atoms with Gasteiger partial charge in [0.1, 0.15) is 24.6 Å². The summed E-state index contributed by atoms with van der Waals surface area (Å²) in [6.07, 6.45) is 10.7. The lowest BCUT2D eigenvalue weighted by molar-refractivity contribution is -2.00. The highest BCUT2D eigenvalue weighted by Crippen LogP contribution is 2.42. The Morgan fingerprint density at radius 2 is 1.65 bits per heavy atom. The fraction of sp³-hybridized carbons (Fsp3) is 0.511. The quantitative estimate of drug-likeness (QED) is 0.0616. The van der Waals surface area contributed by atoms with Crippen LogP contribution in [0.5, 0.6) is 11.5 Å². The van der Waals surface area contributed by atoms with Crippen molar-refractivity contribution < 1.29 is 57.9 Å². The minimum absolute atomic E-state index is 0.00593. The van der Waals surface area contributed by atoms with Crippen molar-refractivity contribution in [1.82, 2.24) is 25.8 Å². The Bertz CT molecular complexity index is 2340. The Morgan fingerprint density at radius 3 is 2.37 bits per heavy atom. The van der Waals surface area contributed by atoms with Gasteiger partial charge in [-0.15, -0.1) is 10.2 Å². The molecule has 3 atom stereocenters. The second kappa shape index (κ2) is 23.0. The number of nitrogens with one attached hydrogen (secondary N) is 4. The van der Waals surface area contributed by atoms with Crippen LogP contribution in [0.25, 0.3) is 5.57 Å². The minimum Gasteiger partial charge on any atom is -0.478 e. The third-order valence-electron chi connectivity index (χ3n) is 12.4. The predicted molar refractivity (Wildman–Crippen MR) is 238 cm³/mol. The van der Waals surface area contributed by atoms with Gasteiger partial charge in [-0.05, 0) is 94.5 Å². The van der Waals surface area contributed by atoms with Gasteiger partial charge in [0, 0.05) is 90.6 Å². The number of hydrogen-bond donors (Lipinski definition) is 5. The van der Waals surface area contributed by atoms with Gasteiger partial charge in [0.25, 0.3) is 0 Å². The van der Waals surface area contributed by atoms with Crippen LogP contribution in [0.2, 0.25) is 0 Å². The second-order valence-electron chi connectivity index (χ2n) is 16.8. The molecule has 4 amide bonds. The Labute approximate surface area is 386 Å². The van der Waals surface area contributed by atoms with E-state index in [0.29, 0.717) is 30.3 Å². The van der Waals surface area contributed by atoms with Crippen LogP contribution in [-0.4, -0.2) is 91.3 Å². The second-order valence-corrected chi connectivity index (χ2v) is 18.8. The topological polar surface area (TPSA) is 244 Å². The molecule has 0 aromatic heterocycles. The number of carbonyl (C=O) groups excluding carboxylic acids is 3. The Morgan fingerprint density at radius 1 is 0.908 bits per heavy atom. The molecule has 0 aliphatic carbocycles. The lowest BCUT2D eigenvalue weighted by Crippen LogP contribution is -2.68. The summed E-state index contributed by atoms with van der Waals surface area (Å²) in [5.41, 5.74) is 6.88. The molecule has 3 aromatic carbocycles. The lowest BCUT2D eigenvalue weighted by Gasteiger charge is -2.32. The van der Waals surface area contributed by atoms with Crippen molar-refractivity contribution in [2.45, 2.75) is 109 Å². The summed E-state index contributed by atoms with van der Waals surface area (Å²) in [5.74, 6) is 1.82. The van der Waals surface area contributed by atoms with Crippen molar-refractivity contribution in [3.05, 3.63) is 86.9 Å². The van der Waals surface area contributed by atoms with Crippen LogP contribution in [0, 0.1) is 10.2 Å². The number of carboxylic acid groups (broad SMARTS) is 1. The molecule has 16 nitrogen and oxygen atoms in total. The van der Waals surface area contributed by atoms with Gasteiger partial charge in [0.15, 0.2) is 0 Å². The number of unbranched alkanes of at least 4 members (excludes halogenated alkanes) is 3. The molecule has 5 heterocycles. The number of nitrogens with zero attached hydrogens (tertiary/aromatic N) is 2. The van der Waals surface area contributed by atoms with E-state index in [-0.39, 0.29) is 29.9 Å². The van der Waals surface area contributed by atoms with Crippen LogP contribution in [-0.2, 0) is 22.4 Å². The number of aromatic carboxylic acids is 1. The van der Waals surface area contributed by atoms with Crippen LogP contribution in [0.4, 0.5) is 10.5 Å². The molecule has 3 aromatic rings. The van der Waals surface area contributed by atoms with E-state index in [9.17, 15) is 24.3 Å². The number of amides is 4. The summed E-state index contributed by atoms with van der Waals surface area (Å²) in [6.45, 7) is 11.3. The molecule has 8 rings (SSSR count). The van der Waals surface area contributed by atoms with E-state index in [1.807, 2.05) is 23.9 Å². The van der Waals surface area contributed by atoms with Gasteiger partial charge in [-0.1, -0.05) is 24.6 Å². The number of carbonyl (C=O) groups is 4. The molecular formula is C47H61ClN6O10S. The largest absolute Gasteiger partial charge is 0.478 e. The summed E-state index contributed by atoms with van der Waals surface area (Å²) in [7, 11) is -4.94. The molecule has 2 saturated heterocycles. The normalized spacial score (nSPS) is 19.0. The first kappa shape index (κ1) is 49.5. The molecule has 352 valence electrons. The monoisotopic (exact) mass is 936 g/mol. The van der Waals surface area contributed by atoms with Gasteiger partial charge in [-0.3, -0.25) is 9.59 Å². The lowest BCUT2D eigenvalue weighted by atomic mass is 9.86. The maximum Gasteiger partial charge on any atom is 0.336 e. The van der Waals surface area contributed by atoms with Gasteiger partial charge in [-0.25, -0.2) is 32.8 Å². The first-order valence-electron chi connectivity index (χ1n) is 22.7. The summed E-state index contributed by atoms with van der Waals surface area (Å²) in [5, 5.41) is 24.4. The van der Waals surface area contributed by atoms with E-state index >= 15 is 0 Å². The van der Waals surface area contributed by atoms with E-state index in [0.717, 1.165) is 130 Å². The number of thioether (sulfide) groups is 1. The Hall–Kier alpha value is -4.91. The van der Waals surface area contributed by atoms with Crippen molar-refractivity contribution in [3.8, 4) is 11.5 Å². The SMILES string of the molecule is CC(=O)NCCCCCNC(=O)CCCCC1SCC2NC(=O)NC21.CCN1CCCc2cc3c(cc21)Oc1cc2c(cc1=C3c1ccccc1C(=O)O)CCC[N+]=2CC.[O-][Cl+3]([O-])([O-])[O-]. The number of rotatable bonds is 15. The number of benzene rings is 3. The highest BCUT2D eigenvalue weighted by atomic mass is 35.7. The number of anilines is 1. The maximum absolute atomic E-state index is 12.3. The minimum atomic E-state index is -4.94. The van der Waals surface area contributed by atoms with E-state index in [1.54, 1.807) is 12.1 Å². The number of halogens is 1. The number of urea groups is 1. The van der Waals surface area contributed by atoms with Gasteiger partial charge in [-0.2, -0.15) is 11.8 Å². The van der Waals surface area contributed by atoms with E-state index in [4.69, 9.17) is 23.4 Å². The zero-order valence-electron chi connectivity index (χ0n) is 37.4. The average Bonchev–Trinajstić information content (AvgIpc) is 3.83. The molecule has 18 heteroatoms. The number of carboxylic acids is 1. The Kier molecular flexibility index (Phi) is 17.5. The molecule has 5 aliphatic heterocycles. The van der Waals surface area contributed by atoms with Crippen molar-refractivity contribution in [2.75, 3.05) is 49.9 Å². The van der Waals surface area contributed by atoms with Gasteiger partial charge >= 0.3 is 12.0 Å². The molecule has 5 N–H and O–H groups in total. The molecule has 0 saturated carbocycles. The van der Waals surface area contributed by atoms with Crippen molar-refractivity contribution in [3.63, 3.8) is 0 Å². The third-order valence-corrected chi connectivity index (χ3v) is 13.9. The number of hydrogen-bond acceptors (Lipinski definition) is 11. The summed E-state index contributed by atoms with van der Waals surface area (Å²) < 4.78 is 43.0. The Balaban J connectivity index is 0.000000205. The smallest absolute Gasteiger partial charge is 0.336 e. The third kappa shape index (κ3) is 13.4. The zero-order chi connectivity index (χ0) is 46.7. The fourth-order valence-corrected chi connectivity index (χ4v) is 10.9. The molecule has 2 fully saturated rings. The maximum atomic E-state index is 12.3. The molecule has 0 spiro atoms. The summed E-state index contributed by atoms with van der Waals surface area (Å²) >= 11 is 1.92. The predicted octanol–water partition coefficient (Wildman–Crippen LogP) is 0.346.